The van der Waals surface area contributed by atoms with Crippen molar-refractivity contribution < 1.29 is 14.3 Å². The average molecular weight is 326 g/mol. The Morgan fingerprint density at radius 2 is 1.57 bits per heavy atom. The summed E-state index contributed by atoms with van der Waals surface area (Å²) in [6.45, 7) is 5.68. The molecule has 0 aliphatic heterocycles. The van der Waals surface area contributed by atoms with E-state index in [0.717, 1.165) is 25.7 Å². The molecule has 0 radical (unpaired) electrons. The Balaban J connectivity index is 1.70. The maximum Gasteiger partial charge on any atom is 0.407 e. The zero-order valence-electron chi connectivity index (χ0n) is 15.2. The first-order valence-corrected chi connectivity index (χ1v) is 9.16. The highest BCUT2D eigenvalue weighted by atomic mass is 16.6. The van der Waals surface area contributed by atoms with Gasteiger partial charge in [-0.05, 0) is 59.3 Å². The lowest BCUT2D eigenvalue weighted by Gasteiger charge is -2.37. The number of methoxy groups -OCH3 is 1. The zero-order chi connectivity index (χ0) is 16.9. The van der Waals surface area contributed by atoms with Crippen molar-refractivity contribution in [2.75, 3.05) is 7.11 Å². The van der Waals surface area contributed by atoms with Gasteiger partial charge in [0.2, 0.25) is 0 Å². The molecule has 2 aliphatic rings. The van der Waals surface area contributed by atoms with Gasteiger partial charge in [-0.25, -0.2) is 4.79 Å². The van der Waals surface area contributed by atoms with E-state index in [1.807, 2.05) is 27.9 Å². The molecular weight excluding hydrogens is 292 g/mol. The molecule has 0 saturated heterocycles. The first kappa shape index (κ1) is 18.5. The van der Waals surface area contributed by atoms with Crippen LogP contribution in [0.2, 0.25) is 0 Å². The second-order valence-electron chi connectivity index (χ2n) is 8.03. The molecule has 0 aromatic carbocycles. The van der Waals surface area contributed by atoms with Crippen LogP contribution >= 0.6 is 0 Å². The number of rotatable bonds is 4. The summed E-state index contributed by atoms with van der Waals surface area (Å²) in [5, 5.41) is 6.81. The van der Waals surface area contributed by atoms with Gasteiger partial charge in [0.1, 0.15) is 5.60 Å². The highest BCUT2D eigenvalue weighted by molar-refractivity contribution is 5.68. The van der Waals surface area contributed by atoms with Crippen molar-refractivity contribution in [1.29, 1.82) is 0 Å². The van der Waals surface area contributed by atoms with Crippen LogP contribution in [0, 0.1) is 0 Å². The normalized spacial score (nSPS) is 32.3. The third-order valence-corrected chi connectivity index (χ3v) is 4.90. The topological polar surface area (TPSA) is 59.6 Å². The number of ether oxygens (including phenoxy) is 2. The van der Waals surface area contributed by atoms with E-state index in [0.29, 0.717) is 18.2 Å². The van der Waals surface area contributed by atoms with Gasteiger partial charge in [-0.2, -0.15) is 0 Å². The number of alkyl carbamates (subject to hydrolysis) is 1. The van der Waals surface area contributed by atoms with E-state index in [9.17, 15) is 4.79 Å². The van der Waals surface area contributed by atoms with E-state index in [4.69, 9.17) is 9.47 Å². The van der Waals surface area contributed by atoms with E-state index in [1.54, 1.807) is 0 Å². The Kier molecular flexibility index (Phi) is 6.72. The lowest BCUT2D eigenvalue weighted by atomic mass is 9.87. The molecule has 2 N–H and O–H groups in total. The van der Waals surface area contributed by atoms with Crippen LogP contribution in [0.15, 0.2) is 0 Å². The monoisotopic (exact) mass is 326 g/mol. The highest BCUT2D eigenvalue weighted by Crippen LogP contribution is 2.25. The van der Waals surface area contributed by atoms with Crippen LogP contribution in [0.4, 0.5) is 4.79 Å². The summed E-state index contributed by atoms with van der Waals surface area (Å²) < 4.78 is 11.0. The lowest BCUT2D eigenvalue weighted by Crippen LogP contribution is -2.50. The molecule has 0 aromatic heterocycles. The standard InChI is InChI=1S/C18H34N2O3/c1-18(2,3)23-17(21)20-14-11-9-13(10-12-14)19-15-7-5-6-8-16(15)22-4/h13-16,19H,5-12H2,1-4H3,(H,20,21). The third kappa shape index (κ3) is 6.30. The van der Waals surface area contributed by atoms with E-state index in [1.165, 1.54) is 25.7 Å². The van der Waals surface area contributed by atoms with E-state index in [2.05, 4.69) is 10.6 Å². The molecule has 134 valence electrons. The Labute approximate surface area is 140 Å². The minimum Gasteiger partial charge on any atom is -0.444 e. The van der Waals surface area contributed by atoms with Crippen LogP contribution in [0.3, 0.4) is 0 Å². The van der Waals surface area contributed by atoms with Gasteiger partial charge in [0.25, 0.3) is 0 Å². The van der Waals surface area contributed by atoms with Gasteiger partial charge in [0.05, 0.1) is 6.10 Å². The van der Waals surface area contributed by atoms with Crippen LogP contribution < -0.4 is 10.6 Å². The van der Waals surface area contributed by atoms with Crippen molar-refractivity contribution in [2.45, 2.75) is 102 Å². The molecule has 2 rings (SSSR count). The summed E-state index contributed by atoms with van der Waals surface area (Å²) in [6.07, 6.45) is 9.28. The molecule has 0 bridgehead atoms. The number of hydrogen-bond acceptors (Lipinski definition) is 4. The van der Waals surface area contributed by atoms with Crippen LogP contribution in [0.5, 0.6) is 0 Å². The predicted molar refractivity (Wildman–Crippen MR) is 91.6 cm³/mol. The van der Waals surface area contributed by atoms with Crippen LogP contribution in [0.25, 0.3) is 0 Å². The lowest BCUT2D eigenvalue weighted by molar-refractivity contribution is 0.0344. The molecule has 2 saturated carbocycles. The number of nitrogens with one attached hydrogen (secondary N) is 2. The summed E-state index contributed by atoms with van der Waals surface area (Å²) in [5.41, 5.74) is -0.432. The number of amides is 1. The largest absolute Gasteiger partial charge is 0.444 e. The molecule has 1 amide bonds. The van der Waals surface area contributed by atoms with Crippen LogP contribution in [0.1, 0.15) is 72.1 Å². The van der Waals surface area contributed by atoms with Gasteiger partial charge >= 0.3 is 6.09 Å². The maximum absolute atomic E-state index is 11.8. The first-order chi connectivity index (χ1) is 10.9. The van der Waals surface area contributed by atoms with Gasteiger partial charge in [-0.3, -0.25) is 0 Å². The number of hydrogen-bond donors (Lipinski definition) is 2. The summed E-state index contributed by atoms with van der Waals surface area (Å²) in [6, 6.07) is 1.29. The zero-order valence-corrected chi connectivity index (χ0v) is 15.2. The van der Waals surface area contributed by atoms with Crippen molar-refractivity contribution in [3.8, 4) is 0 Å². The Bertz CT molecular complexity index is 373. The Morgan fingerprint density at radius 3 is 2.17 bits per heavy atom. The SMILES string of the molecule is COC1CCCCC1NC1CCC(NC(=O)OC(C)(C)C)CC1. The molecule has 0 heterocycles. The molecule has 2 unspecified atom stereocenters. The number of carbonyl (C=O) groups excluding carboxylic acids is 1. The van der Waals surface area contributed by atoms with E-state index >= 15 is 0 Å². The fraction of sp³-hybridized carbons (Fsp3) is 0.944. The molecule has 0 aromatic rings. The second kappa shape index (κ2) is 8.34. The van der Waals surface area contributed by atoms with Crippen molar-refractivity contribution in [3.63, 3.8) is 0 Å². The van der Waals surface area contributed by atoms with E-state index in [-0.39, 0.29) is 12.1 Å². The Morgan fingerprint density at radius 1 is 0.957 bits per heavy atom. The summed E-state index contributed by atoms with van der Waals surface area (Å²) >= 11 is 0. The molecule has 2 fully saturated rings. The third-order valence-electron chi connectivity index (χ3n) is 4.90. The van der Waals surface area contributed by atoms with Crippen LogP contribution in [-0.4, -0.2) is 43.0 Å². The van der Waals surface area contributed by atoms with Crippen molar-refractivity contribution in [2.24, 2.45) is 0 Å². The second-order valence-corrected chi connectivity index (χ2v) is 8.03. The minimum atomic E-state index is -0.432. The fourth-order valence-electron chi connectivity index (χ4n) is 3.75. The molecular formula is C18H34N2O3. The molecule has 2 aliphatic carbocycles. The number of carbonyl (C=O) groups is 1. The first-order valence-electron chi connectivity index (χ1n) is 9.16. The quantitative estimate of drug-likeness (QED) is 0.831. The molecule has 0 spiro atoms. The van der Waals surface area contributed by atoms with E-state index < -0.39 is 5.60 Å². The smallest absolute Gasteiger partial charge is 0.407 e. The van der Waals surface area contributed by atoms with Crippen molar-refractivity contribution >= 4 is 6.09 Å². The van der Waals surface area contributed by atoms with Crippen molar-refractivity contribution in [1.82, 2.24) is 10.6 Å². The fourth-order valence-corrected chi connectivity index (χ4v) is 3.75. The summed E-state index contributed by atoms with van der Waals surface area (Å²) in [4.78, 5) is 11.8. The molecule has 2 atom stereocenters. The maximum atomic E-state index is 11.8. The Hall–Kier alpha value is -0.810. The van der Waals surface area contributed by atoms with Gasteiger partial charge in [-0.15, -0.1) is 0 Å². The minimum absolute atomic E-state index is 0.243. The van der Waals surface area contributed by atoms with Gasteiger partial charge in [0, 0.05) is 25.2 Å². The molecule has 23 heavy (non-hydrogen) atoms. The predicted octanol–water partition coefficient (Wildman–Crippen LogP) is 3.37. The average Bonchev–Trinajstić information content (AvgIpc) is 2.48. The summed E-state index contributed by atoms with van der Waals surface area (Å²) in [5.74, 6) is 0. The molecule has 5 heteroatoms. The summed E-state index contributed by atoms with van der Waals surface area (Å²) in [7, 11) is 1.83. The van der Waals surface area contributed by atoms with Crippen LogP contribution in [-0.2, 0) is 9.47 Å². The van der Waals surface area contributed by atoms with Crippen molar-refractivity contribution in [3.05, 3.63) is 0 Å². The van der Waals surface area contributed by atoms with Gasteiger partial charge in [0.15, 0.2) is 0 Å². The van der Waals surface area contributed by atoms with Gasteiger partial charge < -0.3 is 20.1 Å². The highest BCUT2D eigenvalue weighted by Gasteiger charge is 2.30. The van der Waals surface area contributed by atoms with Gasteiger partial charge in [-0.1, -0.05) is 12.8 Å². The molecule has 5 nitrogen and oxygen atoms in total.